The molecule has 0 spiro atoms. The Kier molecular flexibility index (Phi) is 6.18. The molecule has 0 heterocycles. The van der Waals surface area contributed by atoms with Gasteiger partial charge in [-0.1, -0.05) is 0 Å². The van der Waals surface area contributed by atoms with Crippen molar-refractivity contribution in [3.63, 3.8) is 0 Å². The first-order valence-electron chi connectivity index (χ1n) is 5.06. The first-order chi connectivity index (χ1) is 8.22. The zero-order chi connectivity index (χ0) is 14.3. The van der Waals surface area contributed by atoms with Crippen LogP contribution < -0.4 is 16.8 Å². The van der Waals surface area contributed by atoms with Crippen LogP contribution in [0, 0.1) is 0 Å². The van der Waals surface area contributed by atoms with E-state index in [-0.39, 0.29) is 6.42 Å². The van der Waals surface area contributed by atoms with Crippen molar-refractivity contribution in [2.24, 2.45) is 11.5 Å². The molecule has 0 aliphatic carbocycles. The number of primary amides is 2. The number of nitrogens with one attached hydrogen (secondary N) is 1. The van der Waals surface area contributed by atoms with Gasteiger partial charge >= 0.3 is 12.0 Å². The molecule has 0 rings (SSSR count). The first kappa shape index (κ1) is 15.7. The summed E-state index contributed by atoms with van der Waals surface area (Å²) in [6, 6.07) is -1.37. The van der Waals surface area contributed by atoms with Gasteiger partial charge in [0.2, 0.25) is 11.8 Å². The Hall–Kier alpha value is -2.32. The fourth-order valence-corrected chi connectivity index (χ4v) is 1.21. The summed E-state index contributed by atoms with van der Waals surface area (Å²) in [6.07, 6.45) is -0.0940. The smallest absolute Gasteiger partial charge is 0.323 e. The average Bonchev–Trinajstić information content (AvgIpc) is 2.13. The molecule has 0 aromatic heterocycles. The number of hydrogen-bond donors (Lipinski definition) is 4. The molecule has 18 heavy (non-hydrogen) atoms. The molecule has 0 aliphatic heterocycles. The molecule has 9 nitrogen and oxygen atoms in total. The molecule has 1 unspecified atom stereocenters. The largest absolute Gasteiger partial charge is 0.480 e. The van der Waals surface area contributed by atoms with E-state index in [9.17, 15) is 19.2 Å². The van der Waals surface area contributed by atoms with Crippen molar-refractivity contribution < 1.29 is 24.3 Å². The van der Waals surface area contributed by atoms with Gasteiger partial charge in [0.25, 0.3) is 0 Å². The highest BCUT2D eigenvalue weighted by Crippen LogP contribution is 1.94. The highest BCUT2D eigenvalue weighted by Gasteiger charge is 2.20. The number of hydrogen-bond acceptors (Lipinski definition) is 4. The predicted octanol–water partition coefficient (Wildman–Crippen LogP) is -2.17. The number of amides is 4. The van der Waals surface area contributed by atoms with Gasteiger partial charge < -0.3 is 26.8 Å². The van der Waals surface area contributed by atoms with E-state index < -0.39 is 42.9 Å². The van der Waals surface area contributed by atoms with Crippen LogP contribution in [-0.2, 0) is 14.4 Å². The van der Waals surface area contributed by atoms with Crippen LogP contribution in [0.4, 0.5) is 4.79 Å². The Morgan fingerprint density at radius 1 is 1.17 bits per heavy atom. The number of carbonyl (C=O) groups excluding carboxylic acids is 3. The van der Waals surface area contributed by atoms with E-state index >= 15 is 0 Å². The SMILES string of the molecule is CC(CC(N)=O)NC(=O)N(CC(N)=O)CC(=O)O. The Morgan fingerprint density at radius 3 is 2.11 bits per heavy atom. The van der Waals surface area contributed by atoms with E-state index in [2.05, 4.69) is 5.32 Å². The molecule has 0 fully saturated rings. The third kappa shape index (κ3) is 7.04. The molecule has 6 N–H and O–H groups in total. The van der Waals surface area contributed by atoms with Gasteiger partial charge in [-0.05, 0) is 6.92 Å². The van der Waals surface area contributed by atoms with Gasteiger partial charge in [0.1, 0.15) is 13.1 Å². The number of rotatable bonds is 7. The summed E-state index contributed by atoms with van der Waals surface area (Å²) in [6.45, 7) is 0.325. The van der Waals surface area contributed by atoms with Crippen LogP contribution in [0.25, 0.3) is 0 Å². The van der Waals surface area contributed by atoms with Crippen LogP contribution in [0.2, 0.25) is 0 Å². The van der Waals surface area contributed by atoms with Gasteiger partial charge in [-0.2, -0.15) is 0 Å². The highest BCUT2D eigenvalue weighted by molar-refractivity contribution is 5.86. The lowest BCUT2D eigenvalue weighted by molar-refractivity contribution is -0.137. The summed E-state index contributed by atoms with van der Waals surface area (Å²) >= 11 is 0. The van der Waals surface area contributed by atoms with Gasteiger partial charge in [0.15, 0.2) is 0 Å². The van der Waals surface area contributed by atoms with Crippen molar-refractivity contribution in [1.82, 2.24) is 10.2 Å². The molecule has 102 valence electrons. The molecule has 0 bridgehead atoms. The topological polar surface area (TPSA) is 156 Å². The van der Waals surface area contributed by atoms with Crippen LogP contribution >= 0.6 is 0 Å². The van der Waals surface area contributed by atoms with Crippen molar-refractivity contribution in [3.05, 3.63) is 0 Å². The van der Waals surface area contributed by atoms with Crippen LogP contribution in [0.1, 0.15) is 13.3 Å². The molecule has 0 aromatic rings. The fraction of sp³-hybridized carbons (Fsp3) is 0.556. The van der Waals surface area contributed by atoms with Crippen molar-refractivity contribution >= 4 is 23.8 Å². The molecule has 0 saturated heterocycles. The molecule has 9 heteroatoms. The molecule has 0 aromatic carbocycles. The highest BCUT2D eigenvalue weighted by atomic mass is 16.4. The van der Waals surface area contributed by atoms with Crippen molar-refractivity contribution in [1.29, 1.82) is 0 Å². The van der Waals surface area contributed by atoms with Crippen LogP contribution in [0.5, 0.6) is 0 Å². The minimum absolute atomic E-state index is 0.0940. The molecular formula is C9H16N4O5. The Labute approximate surface area is 103 Å². The summed E-state index contributed by atoms with van der Waals surface area (Å²) in [5.41, 5.74) is 9.83. The number of carboxylic acids is 1. The summed E-state index contributed by atoms with van der Waals surface area (Å²) in [7, 11) is 0. The lowest BCUT2D eigenvalue weighted by atomic mass is 10.2. The summed E-state index contributed by atoms with van der Waals surface area (Å²) < 4.78 is 0. The molecule has 1 atom stereocenters. The minimum atomic E-state index is -1.28. The molecular weight excluding hydrogens is 244 g/mol. The first-order valence-corrected chi connectivity index (χ1v) is 5.06. The Bertz CT molecular complexity index is 341. The number of carbonyl (C=O) groups is 4. The van der Waals surface area contributed by atoms with E-state index in [0.717, 1.165) is 4.90 Å². The van der Waals surface area contributed by atoms with Crippen molar-refractivity contribution in [3.8, 4) is 0 Å². The van der Waals surface area contributed by atoms with Crippen molar-refractivity contribution in [2.45, 2.75) is 19.4 Å². The summed E-state index contributed by atoms with van der Waals surface area (Å²) in [4.78, 5) is 44.1. The van der Waals surface area contributed by atoms with Gasteiger partial charge in [0, 0.05) is 12.5 Å². The quantitative estimate of drug-likeness (QED) is 0.410. The third-order valence-corrected chi connectivity index (χ3v) is 1.84. The third-order valence-electron chi connectivity index (χ3n) is 1.84. The van der Waals surface area contributed by atoms with E-state index in [0.29, 0.717) is 0 Å². The predicted molar refractivity (Wildman–Crippen MR) is 60.2 cm³/mol. The maximum Gasteiger partial charge on any atom is 0.323 e. The number of nitrogens with zero attached hydrogens (tertiary/aromatic N) is 1. The maximum absolute atomic E-state index is 11.6. The summed E-state index contributed by atoms with van der Waals surface area (Å²) in [5, 5.41) is 10.9. The molecule has 0 radical (unpaired) electrons. The zero-order valence-corrected chi connectivity index (χ0v) is 9.88. The lowest BCUT2D eigenvalue weighted by Gasteiger charge is -2.22. The van der Waals surface area contributed by atoms with Crippen LogP contribution in [0.3, 0.4) is 0 Å². The monoisotopic (exact) mass is 260 g/mol. The van der Waals surface area contributed by atoms with E-state index in [1.165, 1.54) is 6.92 Å². The van der Waals surface area contributed by atoms with Crippen LogP contribution in [0.15, 0.2) is 0 Å². The van der Waals surface area contributed by atoms with Gasteiger partial charge in [-0.15, -0.1) is 0 Å². The summed E-state index contributed by atoms with van der Waals surface area (Å²) in [5.74, 6) is -2.73. The van der Waals surface area contributed by atoms with Gasteiger partial charge in [0.05, 0.1) is 0 Å². The Morgan fingerprint density at radius 2 is 1.72 bits per heavy atom. The number of carboxylic acid groups (broad SMARTS) is 1. The number of urea groups is 1. The molecule has 0 saturated carbocycles. The number of nitrogens with two attached hydrogens (primary N) is 2. The average molecular weight is 260 g/mol. The van der Waals surface area contributed by atoms with Crippen LogP contribution in [-0.4, -0.2) is 53.0 Å². The zero-order valence-electron chi connectivity index (χ0n) is 9.88. The van der Waals surface area contributed by atoms with Gasteiger partial charge in [-0.3, -0.25) is 14.4 Å². The fourth-order valence-electron chi connectivity index (χ4n) is 1.21. The minimum Gasteiger partial charge on any atom is -0.480 e. The maximum atomic E-state index is 11.6. The molecule has 0 aliphatic rings. The van der Waals surface area contributed by atoms with E-state index in [1.807, 2.05) is 0 Å². The molecule has 4 amide bonds. The second-order valence-electron chi connectivity index (χ2n) is 3.74. The standard InChI is InChI=1S/C9H16N4O5/c1-5(2-6(10)14)12-9(18)13(3-7(11)15)4-8(16)17/h5H,2-4H2,1H3,(H2,10,14)(H2,11,15)(H,12,18)(H,16,17). The normalized spacial score (nSPS) is 11.4. The van der Waals surface area contributed by atoms with E-state index in [4.69, 9.17) is 16.6 Å². The van der Waals surface area contributed by atoms with Crippen molar-refractivity contribution in [2.75, 3.05) is 13.1 Å². The van der Waals surface area contributed by atoms with E-state index in [1.54, 1.807) is 0 Å². The van der Waals surface area contributed by atoms with Gasteiger partial charge in [-0.25, -0.2) is 4.79 Å². The number of aliphatic carboxylic acids is 1. The lowest BCUT2D eigenvalue weighted by Crippen LogP contribution is -2.49. The second kappa shape index (κ2) is 7.09. The second-order valence-corrected chi connectivity index (χ2v) is 3.74. The Balaban J connectivity index is 4.49.